The highest BCUT2D eigenvalue weighted by Gasteiger charge is 2.50. The Labute approximate surface area is 206 Å². The van der Waals surface area contributed by atoms with Crippen molar-refractivity contribution in [2.24, 2.45) is 11.0 Å². The Morgan fingerprint density at radius 3 is 2.44 bits per heavy atom. The van der Waals surface area contributed by atoms with E-state index in [4.69, 9.17) is 18.6 Å². The Bertz CT molecular complexity index is 639. The predicted octanol–water partition coefficient (Wildman–Crippen LogP) is 5.37. The number of carbonyl (C=O) groups excluding carboxylic acids is 1. The van der Waals surface area contributed by atoms with Gasteiger partial charge in [0.15, 0.2) is 14.6 Å². The summed E-state index contributed by atoms with van der Waals surface area (Å²) in [7, 11) is -0.748. The minimum Gasteiger partial charge on any atom is -0.392 e. The number of rotatable bonds is 16. The summed E-state index contributed by atoms with van der Waals surface area (Å²) in [6.07, 6.45) is 4.69. The van der Waals surface area contributed by atoms with Crippen LogP contribution in [0.15, 0.2) is 5.11 Å². The van der Waals surface area contributed by atoms with Gasteiger partial charge in [0.05, 0.1) is 12.7 Å². The number of aliphatic hydroxyl groups excluding tert-OH is 1. The average Bonchev–Trinajstić information content (AvgIpc) is 2.76. The van der Waals surface area contributed by atoms with Crippen LogP contribution < -0.4 is 0 Å². The zero-order valence-corrected chi connectivity index (χ0v) is 23.2. The summed E-state index contributed by atoms with van der Waals surface area (Å²) in [5.74, 6) is -0.0921. The van der Waals surface area contributed by atoms with Crippen molar-refractivity contribution < 1.29 is 28.5 Å². The highest BCUT2D eigenvalue weighted by molar-refractivity contribution is 6.74. The summed E-state index contributed by atoms with van der Waals surface area (Å²) < 4.78 is 23.8. The second-order valence-corrected chi connectivity index (χ2v) is 15.5. The number of ether oxygens (including phenoxy) is 3. The molecule has 0 bridgehead atoms. The van der Waals surface area contributed by atoms with Crippen LogP contribution >= 0.6 is 0 Å². The van der Waals surface area contributed by atoms with Crippen LogP contribution in [0.25, 0.3) is 10.4 Å². The van der Waals surface area contributed by atoms with Gasteiger partial charge in [0.25, 0.3) is 0 Å². The highest BCUT2D eigenvalue weighted by atomic mass is 28.4. The second-order valence-electron chi connectivity index (χ2n) is 10.8. The van der Waals surface area contributed by atoms with E-state index in [2.05, 4.69) is 50.8 Å². The molecule has 6 atom stereocenters. The molecule has 0 unspecified atom stereocenters. The first-order valence-corrected chi connectivity index (χ1v) is 15.5. The third kappa shape index (κ3) is 9.57. The molecule has 9 nitrogen and oxygen atoms in total. The molecule has 0 amide bonds. The Balaban J connectivity index is 2.90. The number of aliphatic hydroxyl groups is 1. The molecule has 0 spiro atoms. The van der Waals surface area contributed by atoms with Gasteiger partial charge in [-0.25, -0.2) is 0 Å². The average molecular weight is 502 g/mol. The molecule has 34 heavy (non-hydrogen) atoms. The van der Waals surface area contributed by atoms with Gasteiger partial charge in [-0.2, -0.15) is 0 Å². The molecule has 1 rings (SSSR count). The number of carbonyl (C=O) groups is 1. The van der Waals surface area contributed by atoms with E-state index in [1.807, 2.05) is 0 Å². The van der Waals surface area contributed by atoms with Crippen molar-refractivity contribution in [2.45, 2.75) is 121 Å². The Hall–Kier alpha value is -1.00. The van der Waals surface area contributed by atoms with Gasteiger partial charge in [-0.1, -0.05) is 64.9 Å². The topological polar surface area (TPSA) is 123 Å². The Morgan fingerprint density at radius 1 is 1.21 bits per heavy atom. The van der Waals surface area contributed by atoms with Crippen molar-refractivity contribution in [1.29, 1.82) is 0 Å². The van der Waals surface area contributed by atoms with E-state index in [9.17, 15) is 15.4 Å². The van der Waals surface area contributed by atoms with Gasteiger partial charge in [0.2, 0.25) is 0 Å². The maximum absolute atomic E-state index is 11.6. The quantitative estimate of drug-likeness (QED) is 0.0757. The van der Waals surface area contributed by atoms with Crippen molar-refractivity contribution in [3.63, 3.8) is 0 Å². The van der Waals surface area contributed by atoms with E-state index in [0.29, 0.717) is 6.42 Å². The Kier molecular flexibility index (Phi) is 13.9. The first kappa shape index (κ1) is 31.0. The molecule has 1 N–H and O–H groups in total. The zero-order valence-electron chi connectivity index (χ0n) is 22.2. The van der Waals surface area contributed by atoms with Crippen LogP contribution in [0.4, 0.5) is 0 Å². The lowest BCUT2D eigenvalue weighted by Crippen LogP contribution is -2.62. The fourth-order valence-electron chi connectivity index (χ4n) is 3.79. The van der Waals surface area contributed by atoms with E-state index in [1.54, 1.807) is 0 Å². The van der Waals surface area contributed by atoms with E-state index in [-0.39, 0.29) is 24.2 Å². The van der Waals surface area contributed by atoms with Gasteiger partial charge < -0.3 is 28.5 Å². The lowest BCUT2D eigenvalue weighted by atomic mass is 9.96. The van der Waals surface area contributed by atoms with Gasteiger partial charge in [0.1, 0.15) is 24.5 Å². The highest BCUT2D eigenvalue weighted by Crippen LogP contribution is 2.39. The molecular formula is C24H47N3O6Si. The number of aldehydes is 1. The summed E-state index contributed by atoms with van der Waals surface area (Å²) >= 11 is 0. The minimum atomic E-state index is -2.28. The molecule has 1 aliphatic rings. The maximum Gasteiger partial charge on any atom is 0.195 e. The van der Waals surface area contributed by atoms with Crippen molar-refractivity contribution in [2.75, 3.05) is 20.3 Å². The molecule has 0 aromatic rings. The van der Waals surface area contributed by atoms with Gasteiger partial charge in [-0.05, 0) is 36.5 Å². The van der Waals surface area contributed by atoms with Crippen LogP contribution in [0.2, 0.25) is 18.1 Å². The van der Waals surface area contributed by atoms with Crippen molar-refractivity contribution in [3.05, 3.63) is 10.4 Å². The summed E-state index contributed by atoms with van der Waals surface area (Å²) in [5.41, 5.74) is 9.23. The molecule has 0 aromatic heterocycles. The molecule has 0 aliphatic carbocycles. The lowest BCUT2D eigenvalue weighted by molar-refractivity contribution is -0.253. The number of unbranched alkanes of at least 4 members (excludes halogenated alkanes) is 4. The fourth-order valence-corrected chi connectivity index (χ4v) is 4.92. The lowest BCUT2D eigenvalue weighted by Gasteiger charge is -2.47. The standard InChI is InChI=1S/C24H47N3O6Si/c1-8-9-10-11-12-13-18(16-28)14-15-31-22-20(26-27-25)23(32-19(17-30-5)21(22)29)33-34(6,7)24(2,3)4/h16,18-23,29H,8-15,17H2,1-7H3/t18-,19-,20-,21-,22-,23+/m1/s1. The SMILES string of the molecule is CCCCCCC[C@@H](C=O)CCO[C@H]1[C@H](O)[C@@H](COC)O[C@@H](O[Si](C)(C)C(C)(C)C)[C@@H]1N=[N+]=[N-]. The number of nitrogens with zero attached hydrogens (tertiary/aromatic N) is 3. The van der Waals surface area contributed by atoms with E-state index >= 15 is 0 Å². The zero-order chi connectivity index (χ0) is 25.8. The molecule has 10 heteroatoms. The first-order valence-electron chi connectivity index (χ1n) is 12.6. The normalized spacial score (nSPS) is 26.6. The third-order valence-corrected chi connectivity index (χ3v) is 11.5. The summed E-state index contributed by atoms with van der Waals surface area (Å²) in [5, 5.41) is 14.8. The molecule has 1 heterocycles. The van der Waals surface area contributed by atoms with Gasteiger partial charge in [-0.15, -0.1) is 0 Å². The summed E-state index contributed by atoms with van der Waals surface area (Å²) in [6.45, 7) is 13.1. The van der Waals surface area contributed by atoms with E-state index in [1.165, 1.54) is 26.4 Å². The molecule has 0 saturated carbocycles. The van der Waals surface area contributed by atoms with Crippen LogP contribution in [0, 0.1) is 5.92 Å². The van der Waals surface area contributed by atoms with Crippen LogP contribution in [-0.2, 0) is 23.4 Å². The van der Waals surface area contributed by atoms with Crippen LogP contribution in [0.1, 0.15) is 72.6 Å². The molecule has 198 valence electrons. The number of hydrogen-bond donors (Lipinski definition) is 1. The number of azide groups is 1. The van der Waals surface area contributed by atoms with Crippen molar-refractivity contribution in [1.82, 2.24) is 0 Å². The monoisotopic (exact) mass is 501 g/mol. The molecule has 1 aliphatic heterocycles. The van der Waals surface area contributed by atoms with Crippen molar-refractivity contribution >= 4 is 14.6 Å². The Morgan fingerprint density at radius 2 is 1.88 bits per heavy atom. The third-order valence-electron chi connectivity index (χ3n) is 7.04. The number of methoxy groups -OCH3 is 1. The maximum atomic E-state index is 11.6. The van der Waals surface area contributed by atoms with Crippen LogP contribution in [0.5, 0.6) is 0 Å². The molecular weight excluding hydrogens is 454 g/mol. The smallest absolute Gasteiger partial charge is 0.195 e. The van der Waals surface area contributed by atoms with Gasteiger partial charge in [-0.3, -0.25) is 0 Å². The number of hydrogen-bond acceptors (Lipinski definition) is 7. The minimum absolute atomic E-state index is 0.0885. The molecule has 1 fully saturated rings. The van der Waals surface area contributed by atoms with E-state index in [0.717, 1.165) is 25.5 Å². The molecule has 0 aromatic carbocycles. The molecule has 1 saturated heterocycles. The first-order chi connectivity index (χ1) is 16.0. The van der Waals surface area contributed by atoms with Gasteiger partial charge in [0, 0.05) is 24.5 Å². The fraction of sp³-hybridized carbons (Fsp3) is 0.958. The van der Waals surface area contributed by atoms with Crippen LogP contribution in [0.3, 0.4) is 0 Å². The van der Waals surface area contributed by atoms with Gasteiger partial charge >= 0.3 is 0 Å². The predicted molar refractivity (Wildman–Crippen MR) is 135 cm³/mol. The van der Waals surface area contributed by atoms with E-state index < -0.39 is 39.0 Å². The summed E-state index contributed by atoms with van der Waals surface area (Å²) in [4.78, 5) is 14.5. The largest absolute Gasteiger partial charge is 0.392 e. The molecule has 0 radical (unpaired) electrons. The van der Waals surface area contributed by atoms with Crippen molar-refractivity contribution in [3.8, 4) is 0 Å². The van der Waals surface area contributed by atoms with Crippen LogP contribution in [-0.4, -0.2) is 70.7 Å². The second kappa shape index (κ2) is 15.2. The summed E-state index contributed by atoms with van der Waals surface area (Å²) in [6, 6.07) is -0.856.